The lowest BCUT2D eigenvalue weighted by Gasteiger charge is -2.18. The van der Waals surface area contributed by atoms with Crippen LogP contribution < -0.4 is 10.6 Å². The van der Waals surface area contributed by atoms with Crippen molar-refractivity contribution in [1.82, 2.24) is 9.88 Å². The summed E-state index contributed by atoms with van der Waals surface area (Å²) in [5, 5.41) is 7.46. The standard InChI is InChI=1S/C22H24ClN3O2/c1-3-11-26-12-10-17-13-19(8-9-21(17)26)25-22(28)14-20(24-15(2)27)16-4-6-18(23)7-5-16/h4-10,12-13,20H,3,11,14H2,1-2H3,(H,24,27)(H,25,28). The van der Waals surface area contributed by atoms with E-state index in [4.69, 9.17) is 11.6 Å². The van der Waals surface area contributed by atoms with Crippen LogP contribution in [0.1, 0.15) is 38.3 Å². The number of amides is 2. The SMILES string of the molecule is CCCn1ccc2cc(NC(=O)CC(NC(C)=O)c3ccc(Cl)cc3)ccc21. The van der Waals surface area contributed by atoms with Crippen LogP contribution in [0.15, 0.2) is 54.7 Å². The molecule has 0 spiro atoms. The van der Waals surface area contributed by atoms with Gasteiger partial charge in [0.2, 0.25) is 11.8 Å². The molecule has 2 N–H and O–H groups in total. The number of anilines is 1. The molecular weight excluding hydrogens is 374 g/mol. The van der Waals surface area contributed by atoms with Crippen molar-refractivity contribution in [3.8, 4) is 0 Å². The van der Waals surface area contributed by atoms with Crippen molar-refractivity contribution >= 4 is 40.0 Å². The molecule has 1 heterocycles. The Kier molecular flexibility index (Phi) is 6.37. The molecule has 3 rings (SSSR count). The molecule has 1 aromatic heterocycles. The Bertz CT molecular complexity index is 979. The van der Waals surface area contributed by atoms with Gasteiger partial charge in [-0.1, -0.05) is 30.7 Å². The van der Waals surface area contributed by atoms with Crippen LogP contribution in [0.25, 0.3) is 10.9 Å². The van der Waals surface area contributed by atoms with Crippen molar-refractivity contribution in [3.63, 3.8) is 0 Å². The molecule has 0 saturated heterocycles. The van der Waals surface area contributed by atoms with Gasteiger partial charge in [-0.05, 0) is 48.4 Å². The number of nitrogens with one attached hydrogen (secondary N) is 2. The van der Waals surface area contributed by atoms with E-state index in [0.717, 1.165) is 35.1 Å². The van der Waals surface area contributed by atoms with Crippen LogP contribution in [0.2, 0.25) is 5.02 Å². The molecule has 2 aromatic carbocycles. The molecule has 2 amide bonds. The molecule has 0 aliphatic rings. The van der Waals surface area contributed by atoms with Crippen LogP contribution in [0.3, 0.4) is 0 Å². The van der Waals surface area contributed by atoms with Crippen LogP contribution in [-0.2, 0) is 16.1 Å². The number of carbonyl (C=O) groups excluding carboxylic acids is 2. The number of benzene rings is 2. The minimum atomic E-state index is -0.413. The lowest BCUT2D eigenvalue weighted by molar-refractivity contribution is -0.120. The van der Waals surface area contributed by atoms with Gasteiger partial charge in [0.1, 0.15) is 0 Å². The lowest BCUT2D eigenvalue weighted by atomic mass is 10.0. The van der Waals surface area contributed by atoms with E-state index in [1.165, 1.54) is 6.92 Å². The van der Waals surface area contributed by atoms with Crippen LogP contribution in [0.4, 0.5) is 5.69 Å². The normalized spacial score (nSPS) is 12.0. The highest BCUT2D eigenvalue weighted by atomic mass is 35.5. The van der Waals surface area contributed by atoms with Gasteiger partial charge >= 0.3 is 0 Å². The van der Waals surface area contributed by atoms with E-state index in [1.807, 2.05) is 30.3 Å². The van der Waals surface area contributed by atoms with Gasteiger partial charge in [0.25, 0.3) is 0 Å². The largest absolute Gasteiger partial charge is 0.349 e. The molecule has 0 radical (unpaired) electrons. The molecule has 3 aromatic rings. The predicted molar refractivity (Wildman–Crippen MR) is 113 cm³/mol. The van der Waals surface area contributed by atoms with E-state index in [-0.39, 0.29) is 18.2 Å². The number of hydrogen-bond acceptors (Lipinski definition) is 2. The summed E-state index contributed by atoms with van der Waals surface area (Å²) in [7, 11) is 0. The summed E-state index contributed by atoms with van der Waals surface area (Å²) in [6.07, 6.45) is 3.26. The maximum Gasteiger partial charge on any atom is 0.226 e. The Morgan fingerprint density at radius 3 is 2.54 bits per heavy atom. The molecule has 0 bridgehead atoms. The first kappa shape index (κ1) is 20.0. The number of aromatic nitrogens is 1. The zero-order valence-electron chi connectivity index (χ0n) is 16.0. The summed E-state index contributed by atoms with van der Waals surface area (Å²) in [6, 6.07) is 14.7. The zero-order chi connectivity index (χ0) is 20.1. The van der Waals surface area contributed by atoms with Crippen molar-refractivity contribution in [1.29, 1.82) is 0 Å². The molecule has 1 unspecified atom stereocenters. The fraction of sp³-hybridized carbons (Fsp3) is 0.273. The number of carbonyl (C=O) groups is 2. The third-order valence-electron chi connectivity index (χ3n) is 4.56. The van der Waals surface area contributed by atoms with Crippen LogP contribution in [0, 0.1) is 0 Å². The predicted octanol–water partition coefficient (Wildman–Crippen LogP) is 4.91. The Morgan fingerprint density at radius 1 is 1.11 bits per heavy atom. The summed E-state index contributed by atoms with van der Waals surface area (Å²) in [4.78, 5) is 24.2. The maximum atomic E-state index is 12.6. The molecule has 5 nitrogen and oxygen atoms in total. The Morgan fingerprint density at radius 2 is 1.86 bits per heavy atom. The Balaban J connectivity index is 1.72. The highest BCUT2D eigenvalue weighted by Gasteiger charge is 2.17. The maximum absolute atomic E-state index is 12.6. The second kappa shape index (κ2) is 8.93. The summed E-state index contributed by atoms with van der Waals surface area (Å²) < 4.78 is 2.20. The Hall–Kier alpha value is -2.79. The smallest absolute Gasteiger partial charge is 0.226 e. The molecule has 28 heavy (non-hydrogen) atoms. The molecule has 1 atom stereocenters. The van der Waals surface area contributed by atoms with E-state index >= 15 is 0 Å². The first-order valence-corrected chi connectivity index (χ1v) is 9.75. The summed E-state index contributed by atoms with van der Waals surface area (Å²) in [5.41, 5.74) is 2.73. The van der Waals surface area contributed by atoms with E-state index in [2.05, 4.69) is 34.4 Å². The topological polar surface area (TPSA) is 63.1 Å². The van der Waals surface area contributed by atoms with E-state index in [9.17, 15) is 9.59 Å². The first-order chi connectivity index (χ1) is 13.5. The van der Waals surface area contributed by atoms with Crippen molar-refractivity contribution in [2.75, 3.05) is 5.32 Å². The molecule has 0 saturated carbocycles. The number of aryl methyl sites for hydroxylation is 1. The monoisotopic (exact) mass is 397 g/mol. The lowest BCUT2D eigenvalue weighted by Crippen LogP contribution is -2.29. The van der Waals surface area contributed by atoms with Gasteiger partial charge < -0.3 is 15.2 Å². The fourth-order valence-electron chi connectivity index (χ4n) is 3.30. The molecule has 146 valence electrons. The van der Waals surface area contributed by atoms with Crippen LogP contribution in [0.5, 0.6) is 0 Å². The first-order valence-electron chi connectivity index (χ1n) is 9.37. The number of rotatable bonds is 7. The molecular formula is C22H24ClN3O2. The van der Waals surface area contributed by atoms with Crippen molar-refractivity contribution in [2.45, 2.75) is 39.3 Å². The highest BCUT2D eigenvalue weighted by Crippen LogP contribution is 2.23. The molecule has 0 fully saturated rings. The second-order valence-electron chi connectivity index (χ2n) is 6.84. The van der Waals surface area contributed by atoms with Gasteiger partial charge in [-0.3, -0.25) is 9.59 Å². The van der Waals surface area contributed by atoms with E-state index in [0.29, 0.717) is 5.02 Å². The van der Waals surface area contributed by atoms with Crippen LogP contribution >= 0.6 is 11.6 Å². The van der Waals surface area contributed by atoms with E-state index in [1.54, 1.807) is 12.1 Å². The number of nitrogens with zero attached hydrogens (tertiary/aromatic N) is 1. The van der Waals surface area contributed by atoms with Gasteiger partial charge in [-0.25, -0.2) is 0 Å². The average molecular weight is 398 g/mol. The number of halogens is 1. The van der Waals surface area contributed by atoms with Crippen molar-refractivity contribution in [2.24, 2.45) is 0 Å². The van der Waals surface area contributed by atoms with Gasteiger partial charge in [-0.15, -0.1) is 0 Å². The second-order valence-corrected chi connectivity index (χ2v) is 7.28. The van der Waals surface area contributed by atoms with Crippen molar-refractivity contribution < 1.29 is 9.59 Å². The summed E-state index contributed by atoms with van der Waals surface area (Å²) in [5.74, 6) is -0.354. The summed E-state index contributed by atoms with van der Waals surface area (Å²) in [6.45, 7) is 4.55. The van der Waals surface area contributed by atoms with Gasteiger partial charge in [0, 0.05) is 41.3 Å². The van der Waals surface area contributed by atoms with Crippen molar-refractivity contribution in [3.05, 3.63) is 65.3 Å². The summed E-state index contributed by atoms with van der Waals surface area (Å²) >= 11 is 5.94. The van der Waals surface area contributed by atoms with Crippen LogP contribution in [-0.4, -0.2) is 16.4 Å². The quantitative estimate of drug-likeness (QED) is 0.594. The van der Waals surface area contributed by atoms with E-state index < -0.39 is 6.04 Å². The van der Waals surface area contributed by atoms with Gasteiger partial charge in [0.15, 0.2) is 0 Å². The number of fused-ring (bicyclic) bond motifs is 1. The minimum Gasteiger partial charge on any atom is -0.349 e. The zero-order valence-corrected chi connectivity index (χ0v) is 16.8. The molecule has 0 aliphatic heterocycles. The number of hydrogen-bond donors (Lipinski definition) is 2. The fourth-order valence-corrected chi connectivity index (χ4v) is 3.43. The average Bonchev–Trinajstić information content (AvgIpc) is 3.04. The third kappa shape index (κ3) is 4.93. The Labute approximate surface area is 169 Å². The third-order valence-corrected chi connectivity index (χ3v) is 4.81. The highest BCUT2D eigenvalue weighted by molar-refractivity contribution is 6.30. The van der Waals surface area contributed by atoms with Gasteiger partial charge in [0.05, 0.1) is 12.5 Å². The molecule has 6 heteroatoms. The minimum absolute atomic E-state index is 0.135. The van der Waals surface area contributed by atoms with Gasteiger partial charge in [-0.2, -0.15) is 0 Å². The molecule has 0 aliphatic carbocycles.